The number of aryl methyl sites for hydroxylation is 1. The van der Waals surface area contributed by atoms with Crippen LogP contribution in [0.15, 0.2) is 35.3 Å². The lowest BCUT2D eigenvalue weighted by Gasteiger charge is -2.09. The van der Waals surface area contributed by atoms with E-state index < -0.39 is 11.6 Å². The zero-order valence-electron chi connectivity index (χ0n) is 11.4. The Bertz CT molecular complexity index is 919. The van der Waals surface area contributed by atoms with Gasteiger partial charge in [-0.2, -0.15) is 0 Å². The van der Waals surface area contributed by atoms with Crippen molar-refractivity contribution in [2.45, 2.75) is 6.92 Å². The summed E-state index contributed by atoms with van der Waals surface area (Å²) in [5.74, 6) is -0.874. The van der Waals surface area contributed by atoms with Crippen molar-refractivity contribution in [3.63, 3.8) is 0 Å². The summed E-state index contributed by atoms with van der Waals surface area (Å²) >= 11 is 0. The van der Waals surface area contributed by atoms with Gasteiger partial charge in [0.05, 0.1) is 0 Å². The quantitative estimate of drug-likeness (QED) is 0.691. The minimum absolute atomic E-state index is 0.157. The summed E-state index contributed by atoms with van der Waals surface area (Å²) in [4.78, 5) is 20.5. The first kappa shape index (κ1) is 13.4. The Morgan fingerprint density at radius 3 is 2.57 bits per heavy atom. The molecule has 0 aliphatic rings. The SMILES string of the molecule is Cc1nc2c(-c3ccc(F)cc3F)ccnc2c(=O)n1C. The Morgan fingerprint density at radius 2 is 1.86 bits per heavy atom. The molecule has 0 saturated heterocycles. The standard InChI is InChI=1S/C15H11F2N3O/c1-8-19-13-11(10-4-3-9(16)7-12(10)17)5-6-18-14(13)15(21)20(8)2/h3-7H,1-2H3. The summed E-state index contributed by atoms with van der Waals surface area (Å²) < 4.78 is 28.4. The molecule has 1 aromatic carbocycles. The maximum Gasteiger partial charge on any atom is 0.279 e. The molecule has 0 atom stereocenters. The van der Waals surface area contributed by atoms with E-state index in [0.717, 1.165) is 6.07 Å². The van der Waals surface area contributed by atoms with E-state index in [1.165, 1.54) is 22.9 Å². The second kappa shape index (κ2) is 4.73. The number of hydrogen-bond acceptors (Lipinski definition) is 3. The summed E-state index contributed by atoms with van der Waals surface area (Å²) in [5, 5.41) is 0. The molecule has 2 heterocycles. The maximum absolute atomic E-state index is 14.0. The van der Waals surface area contributed by atoms with Gasteiger partial charge in [-0.1, -0.05) is 0 Å². The molecule has 3 aromatic rings. The van der Waals surface area contributed by atoms with Gasteiger partial charge in [0, 0.05) is 30.4 Å². The number of pyridine rings is 1. The van der Waals surface area contributed by atoms with Gasteiger partial charge in [0.25, 0.3) is 5.56 Å². The van der Waals surface area contributed by atoms with E-state index in [-0.39, 0.29) is 16.6 Å². The van der Waals surface area contributed by atoms with Crippen LogP contribution in [0, 0.1) is 18.6 Å². The Balaban J connectivity index is 2.41. The number of hydrogen-bond donors (Lipinski definition) is 0. The van der Waals surface area contributed by atoms with E-state index in [1.807, 2.05) is 0 Å². The van der Waals surface area contributed by atoms with Gasteiger partial charge in [0.2, 0.25) is 0 Å². The van der Waals surface area contributed by atoms with Crippen LogP contribution in [-0.4, -0.2) is 14.5 Å². The predicted octanol–water partition coefficient (Wildman–Crippen LogP) is 2.58. The summed E-state index contributed by atoms with van der Waals surface area (Å²) in [6.45, 7) is 1.68. The van der Waals surface area contributed by atoms with Crippen LogP contribution in [0.3, 0.4) is 0 Å². The fourth-order valence-electron chi connectivity index (χ4n) is 2.19. The summed E-state index contributed by atoms with van der Waals surface area (Å²) in [7, 11) is 1.59. The molecule has 6 heteroatoms. The highest BCUT2D eigenvalue weighted by Gasteiger charge is 2.14. The van der Waals surface area contributed by atoms with Crippen molar-refractivity contribution in [2.75, 3.05) is 0 Å². The first-order valence-electron chi connectivity index (χ1n) is 6.27. The molecular weight excluding hydrogens is 276 g/mol. The van der Waals surface area contributed by atoms with E-state index >= 15 is 0 Å². The van der Waals surface area contributed by atoms with Crippen LogP contribution >= 0.6 is 0 Å². The van der Waals surface area contributed by atoms with E-state index in [4.69, 9.17) is 0 Å². The molecule has 0 saturated carbocycles. The summed E-state index contributed by atoms with van der Waals surface area (Å²) in [6, 6.07) is 4.85. The predicted molar refractivity (Wildman–Crippen MR) is 74.9 cm³/mol. The molecule has 0 spiro atoms. The molecule has 0 aliphatic carbocycles. The smallest absolute Gasteiger partial charge is 0.279 e. The highest BCUT2D eigenvalue weighted by molar-refractivity contribution is 5.90. The number of halogens is 2. The van der Waals surface area contributed by atoms with Crippen LogP contribution in [0.5, 0.6) is 0 Å². The van der Waals surface area contributed by atoms with Gasteiger partial charge in [-0.15, -0.1) is 0 Å². The van der Waals surface area contributed by atoms with Gasteiger partial charge in [-0.3, -0.25) is 9.36 Å². The Morgan fingerprint density at radius 1 is 1.10 bits per heavy atom. The molecule has 0 radical (unpaired) electrons. The van der Waals surface area contributed by atoms with Crippen molar-refractivity contribution >= 4 is 11.0 Å². The second-order valence-corrected chi connectivity index (χ2v) is 4.70. The highest BCUT2D eigenvalue weighted by atomic mass is 19.1. The third-order valence-electron chi connectivity index (χ3n) is 3.41. The Labute approximate surface area is 118 Å². The van der Waals surface area contributed by atoms with Gasteiger partial charge in [-0.05, 0) is 25.1 Å². The van der Waals surface area contributed by atoms with Gasteiger partial charge >= 0.3 is 0 Å². The molecule has 0 amide bonds. The Kier molecular flexibility index (Phi) is 3.01. The number of fused-ring (bicyclic) bond motifs is 1. The molecule has 4 nitrogen and oxygen atoms in total. The van der Waals surface area contributed by atoms with E-state index in [9.17, 15) is 13.6 Å². The minimum atomic E-state index is -0.706. The lowest BCUT2D eigenvalue weighted by atomic mass is 10.0. The van der Waals surface area contributed by atoms with Crippen LogP contribution < -0.4 is 5.56 Å². The molecule has 2 aromatic heterocycles. The zero-order chi connectivity index (χ0) is 15.1. The lowest BCUT2D eigenvalue weighted by molar-refractivity contribution is 0.585. The van der Waals surface area contributed by atoms with Gasteiger partial charge in [0.15, 0.2) is 5.52 Å². The van der Waals surface area contributed by atoms with Crippen molar-refractivity contribution in [3.05, 3.63) is 58.3 Å². The third-order valence-corrected chi connectivity index (χ3v) is 3.41. The highest BCUT2D eigenvalue weighted by Crippen LogP contribution is 2.27. The average molecular weight is 287 g/mol. The molecule has 21 heavy (non-hydrogen) atoms. The fourth-order valence-corrected chi connectivity index (χ4v) is 2.19. The number of nitrogens with zero attached hydrogens (tertiary/aromatic N) is 3. The molecular formula is C15H11F2N3O. The normalized spacial score (nSPS) is 11.0. The third kappa shape index (κ3) is 2.08. The number of rotatable bonds is 1. The van der Waals surface area contributed by atoms with Crippen LogP contribution in [0.2, 0.25) is 0 Å². The van der Waals surface area contributed by atoms with Crippen molar-refractivity contribution in [1.82, 2.24) is 14.5 Å². The monoisotopic (exact) mass is 287 g/mol. The molecule has 3 rings (SSSR count). The van der Waals surface area contributed by atoms with Crippen molar-refractivity contribution in [3.8, 4) is 11.1 Å². The lowest BCUT2D eigenvalue weighted by Crippen LogP contribution is -2.21. The molecule has 106 valence electrons. The van der Waals surface area contributed by atoms with E-state index in [2.05, 4.69) is 9.97 Å². The number of benzene rings is 1. The zero-order valence-corrected chi connectivity index (χ0v) is 11.4. The summed E-state index contributed by atoms with van der Waals surface area (Å²) in [5.41, 5.74) is 0.761. The summed E-state index contributed by atoms with van der Waals surface area (Å²) in [6.07, 6.45) is 1.42. The van der Waals surface area contributed by atoms with Gasteiger partial charge in [0.1, 0.15) is 23.0 Å². The largest absolute Gasteiger partial charge is 0.298 e. The van der Waals surface area contributed by atoms with E-state index in [0.29, 0.717) is 16.9 Å². The first-order valence-corrected chi connectivity index (χ1v) is 6.27. The maximum atomic E-state index is 14.0. The van der Waals surface area contributed by atoms with Crippen LogP contribution in [0.25, 0.3) is 22.2 Å². The van der Waals surface area contributed by atoms with Crippen molar-refractivity contribution in [2.24, 2.45) is 7.05 Å². The molecule has 0 aliphatic heterocycles. The molecule has 0 N–H and O–H groups in total. The minimum Gasteiger partial charge on any atom is -0.298 e. The molecule has 0 unspecified atom stereocenters. The van der Waals surface area contributed by atoms with Gasteiger partial charge < -0.3 is 0 Å². The van der Waals surface area contributed by atoms with Crippen LogP contribution in [0.1, 0.15) is 5.82 Å². The van der Waals surface area contributed by atoms with Crippen LogP contribution in [-0.2, 0) is 7.05 Å². The molecule has 0 fully saturated rings. The van der Waals surface area contributed by atoms with E-state index in [1.54, 1.807) is 20.0 Å². The second-order valence-electron chi connectivity index (χ2n) is 4.70. The number of aromatic nitrogens is 3. The van der Waals surface area contributed by atoms with Gasteiger partial charge in [-0.25, -0.2) is 18.7 Å². The molecule has 0 bridgehead atoms. The van der Waals surface area contributed by atoms with Crippen molar-refractivity contribution < 1.29 is 8.78 Å². The van der Waals surface area contributed by atoms with Crippen molar-refractivity contribution in [1.29, 1.82) is 0 Å². The van der Waals surface area contributed by atoms with Crippen LogP contribution in [0.4, 0.5) is 8.78 Å². The topological polar surface area (TPSA) is 47.8 Å². The Hall–Kier alpha value is -2.63. The average Bonchev–Trinajstić information content (AvgIpc) is 2.45. The fraction of sp³-hybridized carbons (Fsp3) is 0.133. The first-order chi connectivity index (χ1) is 9.99.